The van der Waals surface area contributed by atoms with E-state index in [-0.39, 0.29) is 40.9 Å². The highest BCUT2D eigenvalue weighted by atomic mass is 16.6. The molecular formula is C21H24O7. The monoisotopic (exact) mass is 388 g/mol. The molecule has 0 spiro atoms. The number of esters is 1. The second kappa shape index (κ2) is 7.05. The van der Waals surface area contributed by atoms with Crippen molar-refractivity contribution in [2.45, 2.75) is 64.1 Å². The van der Waals surface area contributed by atoms with E-state index in [9.17, 15) is 24.6 Å². The number of hydrogen-bond donors (Lipinski definition) is 2. The molecule has 2 aliphatic rings. The summed E-state index contributed by atoms with van der Waals surface area (Å²) in [6, 6.07) is 0. The zero-order valence-electron chi connectivity index (χ0n) is 16.2. The van der Waals surface area contributed by atoms with Gasteiger partial charge in [0.25, 0.3) is 5.95 Å². The molecule has 1 aromatic rings. The van der Waals surface area contributed by atoms with Gasteiger partial charge < -0.3 is 19.4 Å². The van der Waals surface area contributed by atoms with Crippen LogP contribution in [0.2, 0.25) is 0 Å². The number of carbonyl (C=O) groups is 3. The number of Topliss-reactive ketones (excluding diaryl/α,β-unsaturated/α-hetero) is 1. The minimum absolute atomic E-state index is 0.0426. The number of aliphatic hydroxyl groups is 1. The maximum atomic E-state index is 12.8. The number of unbranched alkanes of at least 4 members (excludes halogenated alkanes) is 2. The maximum absolute atomic E-state index is 12.8. The summed E-state index contributed by atoms with van der Waals surface area (Å²) in [6.45, 7) is 5.21. The van der Waals surface area contributed by atoms with Crippen LogP contribution in [0.3, 0.4) is 0 Å². The molecule has 2 unspecified atom stereocenters. The molecule has 2 heterocycles. The number of rotatable bonds is 7. The fourth-order valence-corrected chi connectivity index (χ4v) is 4.07. The van der Waals surface area contributed by atoms with Crippen LogP contribution in [0.15, 0.2) is 22.1 Å². The van der Waals surface area contributed by atoms with Gasteiger partial charge in [-0.1, -0.05) is 31.9 Å². The first kappa shape index (κ1) is 20.1. The van der Waals surface area contributed by atoms with Crippen LogP contribution < -0.4 is 0 Å². The van der Waals surface area contributed by atoms with E-state index < -0.39 is 28.9 Å². The molecule has 0 amide bonds. The standard InChI is InChI=1S/C21H24O7/c1-4-6-7-8-14(23)15-16-17-12(13(11-22)18(24)27-17)10-21(26,9-5-2)20(16,3)28-19(15)25/h5,9,11,24,26H,4,6-8,10H2,1-3H3/b9-5-. The number of hydrogen-bond acceptors (Lipinski definition) is 7. The molecule has 2 N–H and O–H groups in total. The van der Waals surface area contributed by atoms with E-state index in [1.807, 2.05) is 6.92 Å². The van der Waals surface area contributed by atoms with Crippen LogP contribution in [0.25, 0.3) is 5.57 Å². The normalized spacial score (nSPS) is 26.4. The number of furan rings is 1. The van der Waals surface area contributed by atoms with Gasteiger partial charge in [0.15, 0.2) is 17.7 Å². The van der Waals surface area contributed by atoms with Crippen molar-refractivity contribution in [3.05, 3.63) is 34.6 Å². The van der Waals surface area contributed by atoms with Crippen molar-refractivity contribution < 1.29 is 33.8 Å². The number of allylic oxidation sites excluding steroid dienone is 1. The third-order valence-electron chi connectivity index (χ3n) is 5.60. The molecule has 0 radical (unpaired) electrons. The second-order valence-corrected chi connectivity index (χ2v) is 7.40. The third-order valence-corrected chi connectivity index (χ3v) is 5.60. The lowest BCUT2D eigenvalue weighted by molar-refractivity contribution is -0.161. The van der Waals surface area contributed by atoms with Crippen molar-refractivity contribution in [1.29, 1.82) is 0 Å². The predicted octanol–water partition coefficient (Wildman–Crippen LogP) is 2.88. The smallest absolute Gasteiger partial charge is 0.343 e. The number of ether oxygens (including phenoxy) is 1. The molecule has 0 saturated heterocycles. The zero-order chi connectivity index (χ0) is 20.7. The topological polar surface area (TPSA) is 114 Å². The average molecular weight is 388 g/mol. The van der Waals surface area contributed by atoms with Gasteiger partial charge in [0.2, 0.25) is 0 Å². The average Bonchev–Trinajstić information content (AvgIpc) is 3.08. The summed E-state index contributed by atoms with van der Waals surface area (Å²) < 4.78 is 10.9. The molecule has 1 aliphatic carbocycles. The molecule has 0 aromatic carbocycles. The fourth-order valence-electron chi connectivity index (χ4n) is 4.07. The van der Waals surface area contributed by atoms with Gasteiger partial charge in [0.05, 0.1) is 5.57 Å². The van der Waals surface area contributed by atoms with Crippen LogP contribution in [-0.4, -0.2) is 39.5 Å². The number of carbonyl (C=O) groups excluding carboxylic acids is 3. The predicted molar refractivity (Wildman–Crippen MR) is 99.8 cm³/mol. The highest BCUT2D eigenvalue weighted by Gasteiger charge is 2.62. The fraction of sp³-hybridized carbons (Fsp3) is 0.476. The minimum atomic E-state index is -1.71. The summed E-state index contributed by atoms with van der Waals surface area (Å²) in [6.07, 6.45) is 5.91. The summed E-state index contributed by atoms with van der Waals surface area (Å²) in [5, 5.41) is 21.4. The lowest BCUT2D eigenvalue weighted by Crippen LogP contribution is -2.56. The molecule has 7 nitrogen and oxygen atoms in total. The van der Waals surface area contributed by atoms with Gasteiger partial charge in [-0.25, -0.2) is 4.79 Å². The summed E-state index contributed by atoms with van der Waals surface area (Å²) in [5.41, 5.74) is -3.25. The van der Waals surface area contributed by atoms with E-state index in [1.165, 1.54) is 13.0 Å². The van der Waals surface area contributed by atoms with E-state index in [0.29, 0.717) is 12.7 Å². The summed E-state index contributed by atoms with van der Waals surface area (Å²) >= 11 is 0. The molecule has 1 aliphatic heterocycles. The van der Waals surface area contributed by atoms with Crippen molar-refractivity contribution in [2.24, 2.45) is 0 Å². The van der Waals surface area contributed by atoms with Crippen molar-refractivity contribution in [3.63, 3.8) is 0 Å². The van der Waals surface area contributed by atoms with Crippen molar-refractivity contribution in [2.75, 3.05) is 0 Å². The Hall–Kier alpha value is -2.67. The van der Waals surface area contributed by atoms with Crippen LogP contribution in [0.4, 0.5) is 0 Å². The van der Waals surface area contributed by atoms with E-state index in [2.05, 4.69) is 0 Å². The van der Waals surface area contributed by atoms with Crippen LogP contribution in [0, 0.1) is 0 Å². The van der Waals surface area contributed by atoms with E-state index in [0.717, 1.165) is 12.8 Å². The molecule has 7 heteroatoms. The Bertz CT molecular complexity index is 904. The highest BCUT2D eigenvalue weighted by Crippen LogP contribution is 2.55. The summed E-state index contributed by atoms with van der Waals surface area (Å²) in [7, 11) is 0. The van der Waals surface area contributed by atoms with Crippen LogP contribution in [-0.2, 0) is 20.7 Å². The number of aromatic hydroxyl groups is 1. The van der Waals surface area contributed by atoms with Crippen molar-refractivity contribution >= 4 is 23.6 Å². The molecule has 1 aromatic heterocycles. The first-order valence-corrected chi connectivity index (χ1v) is 9.41. The van der Waals surface area contributed by atoms with E-state index in [1.54, 1.807) is 13.0 Å². The van der Waals surface area contributed by atoms with Gasteiger partial charge in [-0.2, -0.15) is 0 Å². The molecule has 3 rings (SSSR count). The van der Waals surface area contributed by atoms with Gasteiger partial charge in [-0.15, -0.1) is 0 Å². The van der Waals surface area contributed by atoms with Gasteiger partial charge in [-0.05, 0) is 20.3 Å². The molecule has 0 bridgehead atoms. The van der Waals surface area contributed by atoms with Crippen molar-refractivity contribution in [1.82, 2.24) is 0 Å². The van der Waals surface area contributed by atoms with Gasteiger partial charge in [0, 0.05) is 18.4 Å². The van der Waals surface area contributed by atoms with Crippen LogP contribution >= 0.6 is 0 Å². The summed E-state index contributed by atoms with van der Waals surface area (Å²) in [4.78, 5) is 37.0. The van der Waals surface area contributed by atoms with Crippen molar-refractivity contribution in [3.8, 4) is 5.95 Å². The number of ketones is 1. The molecule has 0 fully saturated rings. The van der Waals surface area contributed by atoms with Crippen LogP contribution in [0.5, 0.6) is 5.95 Å². The van der Waals surface area contributed by atoms with Crippen LogP contribution in [0.1, 0.15) is 68.1 Å². The third kappa shape index (κ3) is 2.73. The quantitative estimate of drug-likeness (QED) is 0.243. The van der Waals surface area contributed by atoms with Gasteiger partial charge >= 0.3 is 5.97 Å². The second-order valence-electron chi connectivity index (χ2n) is 7.40. The van der Waals surface area contributed by atoms with Gasteiger partial charge in [-0.3, -0.25) is 9.59 Å². The zero-order valence-corrected chi connectivity index (χ0v) is 16.2. The Morgan fingerprint density at radius 2 is 2.04 bits per heavy atom. The Kier molecular flexibility index (Phi) is 5.06. The Morgan fingerprint density at radius 1 is 1.32 bits per heavy atom. The van der Waals surface area contributed by atoms with E-state index >= 15 is 0 Å². The molecule has 0 saturated carbocycles. The largest absolute Gasteiger partial charge is 0.480 e. The van der Waals surface area contributed by atoms with E-state index in [4.69, 9.17) is 9.15 Å². The first-order valence-electron chi connectivity index (χ1n) is 9.41. The number of fused-ring (bicyclic) bond motifs is 3. The molecular weight excluding hydrogens is 364 g/mol. The first-order chi connectivity index (χ1) is 13.2. The molecule has 28 heavy (non-hydrogen) atoms. The Balaban J connectivity index is 2.26. The molecule has 150 valence electrons. The lowest BCUT2D eigenvalue weighted by Gasteiger charge is -2.43. The minimum Gasteiger partial charge on any atom is -0.480 e. The van der Waals surface area contributed by atoms with Gasteiger partial charge in [0.1, 0.15) is 22.5 Å². The Morgan fingerprint density at radius 3 is 2.64 bits per heavy atom. The Labute approximate surface area is 162 Å². The summed E-state index contributed by atoms with van der Waals surface area (Å²) in [5.74, 6) is -1.81. The molecule has 2 atom stereocenters. The number of aldehydes is 1. The lowest BCUT2D eigenvalue weighted by atomic mass is 9.68. The highest BCUT2D eigenvalue weighted by molar-refractivity contribution is 6.26. The maximum Gasteiger partial charge on any atom is 0.343 e. The SMILES string of the molecule is C/C=C\C1(O)Cc2c(oc(O)c2C=O)C2=C(C(=O)CCCCC)C(=O)OC21C.